The van der Waals surface area contributed by atoms with Crippen LogP contribution in [-0.4, -0.2) is 31.1 Å². The SMILES string of the molecule is Cc1ccc(S(=O)(=O)N2CCc3cc(OCc4ccccc4)ccc3C(=O)[C@@H]2C)cc1. The van der Waals surface area contributed by atoms with E-state index in [1.807, 2.05) is 43.3 Å². The first-order valence-electron chi connectivity index (χ1n) is 10.3. The number of aryl methyl sites for hydroxylation is 1. The number of nitrogens with zero attached hydrogens (tertiary/aromatic N) is 1. The quantitative estimate of drug-likeness (QED) is 0.596. The first-order valence-corrected chi connectivity index (χ1v) is 11.7. The molecule has 0 fully saturated rings. The van der Waals surface area contributed by atoms with Crippen LogP contribution in [0.15, 0.2) is 77.7 Å². The number of carbonyl (C=O) groups excluding carboxylic acids is 1. The molecule has 0 aromatic heterocycles. The Morgan fingerprint density at radius 2 is 1.71 bits per heavy atom. The van der Waals surface area contributed by atoms with E-state index in [-0.39, 0.29) is 17.2 Å². The normalized spacial score (nSPS) is 17.1. The summed E-state index contributed by atoms with van der Waals surface area (Å²) in [7, 11) is -3.78. The van der Waals surface area contributed by atoms with E-state index in [1.54, 1.807) is 43.3 Å². The highest BCUT2D eigenvalue weighted by Crippen LogP contribution is 2.28. The molecule has 1 heterocycles. The van der Waals surface area contributed by atoms with Crippen LogP contribution in [0.5, 0.6) is 5.75 Å². The zero-order valence-electron chi connectivity index (χ0n) is 17.6. The summed E-state index contributed by atoms with van der Waals surface area (Å²) in [5, 5.41) is 0. The second-order valence-corrected chi connectivity index (χ2v) is 9.70. The van der Waals surface area contributed by atoms with Crippen molar-refractivity contribution in [3.63, 3.8) is 0 Å². The first-order chi connectivity index (χ1) is 14.9. The summed E-state index contributed by atoms with van der Waals surface area (Å²) in [6.45, 7) is 4.22. The van der Waals surface area contributed by atoms with Crippen molar-refractivity contribution >= 4 is 15.8 Å². The van der Waals surface area contributed by atoms with Gasteiger partial charge in [0.25, 0.3) is 0 Å². The van der Waals surface area contributed by atoms with E-state index in [4.69, 9.17) is 4.74 Å². The van der Waals surface area contributed by atoms with Crippen molar-refractivity contribution in [2.75, 3.05) is 6.54 Å². The van der Waals surface area contributed by atoms with E-state index in [0.717, 1.165) is 16.7 Å². The van der Waals surface area contributed by atoms with Crippen molar-refractivity contribution in [3.05, 3.63) is 95.1 Å². The monoisotopic (exact) mass is 435 g/mol. The van der Waals surface area contributed by atoms with Gasteiger partial charge >= 0.3 is 0 Å². The molecule has 4 rings (SSSR count). The second kappa shape index (κ2) is 8.65. The highest BCUT2D eigenvalue weighted by atomic mass is 32.2. The largest absolute Gasteiger partial charge is 0.489 e. The molecule has 0 N–H and O–H groups in total. The molecule has 31 heavy (non-hydrogen) atoms. The van der Waals surface area contributed by atoms with Gasteiger partial charge in [0.2, 0.25) is 10.0 Å². The number of Topliss-reactive ketones (excluding diaryl/α,β-unsaturated/α-hetero) is 1. The standard InChI is InChI=1S/C25H25NO4S/c1-18-8-11-23(12-9-18)31(28,29)26-15-14-21-16-22(10-13-24(21)25(27)19(26)2)30-17-20-6-4-3-5-7-20/h3-13,16,19H,14-15,17H2,1-2H3/t19-/m0/s1. The van der Waals surface area contributed by atoms with Gasteiger partial charge in [-0.25, -0.2) is 8.42 Å². The Hall–Kier alpha value is -2.96. The Labute approximate surface area is 183 Å². The zero-order valence-corrected chi connectivity index (χ0v) is 18.4. The first kappa shape index (κ1) is 21.3. The Morgan fingerprint density at radius 3 is 2.42 bits per heavy atom. The number of sulfonamides is 1. The maximum absolute atomic E-state index is 13.2. The third kappa shape index (κ3) is 4.40. The lowest BCUT2D eigenvalue weighted by Crippen LogP contribution is -2.42. The minimum atomic E-state index is -3.78. The van der Waals surface area contributed by atoms with Crippen LogP contribution < -0.4 is 4.74 Å². The summed E-state index contributed by atoms with van der Waals surface area (Å²) < 4.78 is 33.7. The maximum atomic E-state index is 13.2. The molecule has 5 nitrogen and oxygen atoms in total. The molecule has 0 radical (unpaired) electrons. The molecule has 1 aliphatic heterocycles. The van der Waals surface area contributed by atoms with Gasteiger partial charge in [0, 0.05) is 12.1 Å². The average molecular weight is 436 g/mol. The van der Waals surface area contributed by atoms with E-state index >= 15 is 0 Å². The van der Waals surface area contributed by atoms with Crippen LogP contribution >= 0.6 is 0 Å². The number of fused-ring (bicyclic) bond motifs is 1. The van der Waals surface area contributed by atoms with Gasteiger partial charge in [-0.05, 0) is 61.7 Å². The van der Waals surface area contributed by atoms with E-state index in [2.05, 4.69) is 0 Å². The summed E-state index contributed by atoms with van der Waals surface area (Å²) in [4.78, 5) is 13.3. The maximum Gasteiger partial charge on any atom is 0.243 e. The summed E-state index contributed by atoms with van der Waals surface area (Å²) in [5.74, 6) is 0.468. The van der Waals surface area contributed by atoms with E-state index < -0.39 is 16.1 Å². The molecule has 0 saturated heterocycles. The van der Waals surface area contributed by atoms with Gasteiger partial charge in [-0.1, -0.05) is 48.0 Å². The molecule has 160 valence electrons. The van der Waals surface area contributed by atoms with Crippen LogP contribution in [0, 0.1) is 6.92 Å². The fraction of sp³-hybridized carbons (Fsp3) is 0.240. The van der Waals surface area contributed by atoms with Gasteiger partial charge in [0.05, 0.1) is 10.9 Å². The second-order valence-electron chi connectivity index (χ2n) is 7.81. The fourth-order valence-corrected chi connectivity index (χ4v) is 5.40. The van der Waals surface area contributed by atoms with Gasteiger partial charge in [0.1, 0.15) is 12.4 Å². The molecule has 1 atom stereocenters. The van der Waals surface area contributed by atoms with E-state index in [1.165, 1.54) is 4.31 Å². The third-order valence-corrected chi connectivity index (χ3v) is 7.62. The third-order valence-electron chi connectivity index (χ3n) is 5.63. The number of ketones is 1. The molecule has 0 aliphatic carbocycles. The predicted molar refractivity (Wildman–Crippen MR) is 120 cm³/mol. The van der Waals surface area contributed by atoms with Crippen molar-refractivity contribution in [2.24, 2.45) is 0 Å². The molecule has 0 spiro atoms. The van der Waals surface area contributed by atoms with E-state index in [9.17, 15) is 13.2 Å². The van der Waals surface area contributed by atoms with Crippen molar-refractivity contribution in [1.82, 2.24) is 4.31 Å². The highest BCUT2D eigenvalue weighted by molar-refractivity contribution is 7.89. The molecule has 1 aliphatic rings. The number of rotatable bonds is 5. The number of hydrogen-bond acceptors (Lipinski definition) is 4. The van der Waals surface area contributed by atoms with Gasteiger partial charge < -0.3 is 4.74 Å². The van der Waals surface area contributed by atoms with Crippen LogP contribution in [0.1, 0.15) is 34.0 Å². The van der Waals surface area contributed by atoms with Crippen molar-refractivity contribution < 1.29 is 17.9 Å². The van der Waals surface area contributed by atoms with Crippen LogP contribution in [-0.2, 0) is 23.1 Å². The molecular formula is C25H25NO4S. The Bertz CT molecular complexity index is 1190. The van der Waals surface area contributed by atoms with Crippen LogP contribution in [0.4, 0.5) is 0 Å². The smallest absolute Gasteiger partial charge is 0.243 e. The minimum Gasteiger partial charge on any atom is -0.489 e. The number of hydrogen-bond donors (Lipinski definition) is 0. The lowest BCUT2D eigenvalue weighted by molar-refractivity contribution is 0.0915. The van der Waals surface area contributed by atoms with Crippen LogP contribution in [0.3, 0.4) is 0 Å². The highest BCUT2D eigenvalue weighted by Gasteiger charge is 2.36. The molecule has 0 saturated carbocycles. The lowest BCUT2D eigenvalue weighted by atomic mass is 9.99. The predicted octanol–water partition coefficient (Wildman–Crippen LogP) is 4.39. The summed E-state index contributed by atoms with van der Waals surface area (Å²) in [6, 6.07) is 21.2. The fourth-order valence-electron chi connectivity index (χ4n) is 3.80. The Morgan fingerprint density at radius 1 is 1.00 bits per heavy atom. The average Bonchev–Trinajstić information content (AvgIpc) is 2.90. The lowest BCUT2D eigenvalue weighted by Gasteiger charge is -2.25. The summed E-state index contributed by atoms with van der Waals surface area (Å²) in [6.07, 6.45) is 0.443. The van der Waals surface area contributed by atoms with Crippen molar-refractivity contribution in [2.45, 2.75) is 37.8 Å². The Balaban J connectivity index is 1.57. The summed E-state index contributed by atoms with van der Waals surface area (Å²) in [5.41, 5.74) is 3.40. The molecule has 0 unspecified atom stereocenters. The number of benzene rings is 3. The number of carbonyl (C=O) groups is 1. The van der Waals surface area contributed by atoms with Crippen molar-refractivity contribution in [3.8, 4) is 5.75 Å². The summed E-state index contributed by atoms with van der Waals surface area (Å²) >= 11 is 0. The molecule has 0 amide bonds. The number of ether oxygens (including phenoxy) is 1. The molecular weight excluding hydrogens is 410 g/mol. The van der Waals surface area contributed by atoms with Gasteiger partial charge in [-0.3, -0.25) is 4.79 Å². The zero-order chi connectivity index (χ0) is 22.0. The van der Waals surface area contributed by atoms with Crippen LogP contribution in [0.2, 0.25) is 0 Å². The Kier molecular flexibility index (Phi) is 5.94. The molecule has 6 heteroatoms. The molecule has 3 aromatic rings. The van der Waals surface area contributed by atoms with Gasteiger partial charge in [0.15, 0.2) is 5.78 Å². The van der Waals surface area contributed by atoms with Gasteiger partial charge in [-0.2, -0.15) is 4.31 Å². The minimum absolute atomic E-state index is 0.196. The van der Waals surface area contributed by atoms with Crippen molar-refractivity contribution in [1.29, 1.82) is 0 Å². The van der Waals surface area contributed by atoms with E-state index in [0.29, 0.717) is 24.3 Å². The topological polar surface area (TPSA) is 63.7 Å². The van der Waals surface area contributed by atoms with Crippen LogP contribution in [0.25, 0.3) is 0 Å². The molecule has 0 bridgehead atoms. The van der Waals surface area contributed by atoms with Gasteiger partial charge in [-0.15, -0.1) is 0 Å². The molecule has 3 aromatic carbocycles.